The van der Waals surface area contributed by atoms with Gasteiger partial charge in [0.2, 0.25) is 0 Å². The summed E-state index contributed by atoms with van der Waals surface area (Å²) >= 11 is 0. The molecule has 21 heavy (non-hydrogen) atoms. The molecule has 1 heterocycles. The van der Waals surface area contributed by atoms with Crippen LogP contribution in [0.4, 0.5) is 0 Å². The lowest BCUT2D eigenvalue weighted by Crippen LogP contribution is -2.39. The number of aromatic nitrogens is 2. The lowest BCUT2D eigenvalue weighted by atomic mass is 10.2. The monoisotopic (exact) mass is 399 g/mol. The van der Waals surface area contributed by atoms with E-state index in [1.165, 1.54) is 5.56 Å². The van der Waals surface area contributed by atoms with Crippen molar-refractivity contribution in [3.63, 3.8) is 0 Å². The summed E-state index contributed by atoms with van der Waals surface area (Å²) in [5.74, 6) is 0.890. The largest absolute Gasteiger partial charge is 0.354 e. The van der Waals surface area contributed by atoms with Crippen molar-refractivity contribution in [1.82, 2.24) is 20.0 Å². The fourth-order valence-corrected chi connectivity index (χ4v) is 2.03. The molecule has 0 aliphatic rings. The molecule has 5 nitrogen and oxygen atoms in total. The first-order chi connectivity index (χ1) is 9.79. The van der Waals surface area contributed by atoms with Crippen molar-refractivity contribution in [3.05, 3.63) is 54.4 Å². The third-order valence-electron chi connectivity index (χ3n) is 3.02. The summed E-state index contributed by atoms with van der Waals surface area (Å²) in [6.45, 7) is 2.46. The molecule has 114 valence electrons. The highest BCUT2D eigenvalue weighted by Crippen LogP contribution is 2.02. The van der Waals surface area contributed by atoms with Crippen molar-refractivity contribution < 1.29 is 0 Å². The fourth-order valence-electron chi connectivity index (χ4n) is 2.03. The number of guanidine groups is 1. The Labute approximate surface area is 143 Å². The highest BCUT2D eigenvalue weighted by molar-refractivity contribution is 14.0. The summed E-state index contributed by atoms with van der Waals surface area (Å²) in [7, 11) is 3.84. The molecule has 0 aliphatic heterocycles. The molecule has 1 aromatic heterocycles. The van der Waals surface area contributed by atoms with Crippen LogP contribution in [0.5, 0.6) is 0 Å². The van der Waals surface area contributed by atoms with Crippen LogP contribution >= 0.6 is 24.0 Å². The van der Waals surface area contributed by atoms with E-state index in [4.69, 9.17) is 0 Å². The minimum absolute atomic E-state index is 0. The van der Waals surface area contributed by atoms with Crippen molar-refractivity contribution in [1.29, 1.82) is 0 Å². The van der Waals surface area contributed by atoms with Crippen LogP contribution < -0.4 is 5.32 Å². The van der Waals surface area contributed by atoms with Gasteiger partial charge in [-0.1, -0.05) is 30.3 Å². The molecule has 0 spiro atoms. The van der Waals surface area contributed by atoms with Crippen LogP contribution in [0.2, 0.25) is 0 Å². The molecule has 0 amide bonds. The van der Waals surface area contributed by atoms with E-state index in [9.17, 15) is 0 Å². The summed E-state index contributed by atoms with van der Waals surface area (Å²) in [6, 6.07) is 12.3. The Morgan fingerprint density at radius 3 is 2.67 bits per heavy atom. The molecule has 0 bridgehead atoms. The molecular weight excluding hydrogens is 377 g/mol. The third kappa shape index (κ3) is 5.74. The van der Waals surface area contributed by atoms with Crippen molar-refractivity contribution in [2.24, 2.45) is 4.99 Å². The van der Waals surface area contributed by atoms with Gasteiger partial charge >= 0.3 is 0 Å². The SMILES string of the molecule is CN=C(NCCn1cccn1)N(C)Cc1ccccc1.I. The van der Waals surface area contributed by atoms with Crippen LogP contribution in [0, 0.1) is 0 Å². The van der Waals surface area contributed by atoms with Gasteiger partial charge in [0.1, 0.15) is 0 Å². The zero-order valence-electron chi connectivity index (χ0n) is 12.4. The van der Waals surface area contributed by atoms with Crippen molar-refractivity contribution in [3.8, 4) is 0 Å². The highest BCUT2D eigenvalue weighted by Gasteiger charge is 2.05. The molecular formula is C15H22IN5. The summed E-state index contributed by atoms with van der Waals surface area (Å²) in [5.41, 5.74) is 1.27. The summed E-state index contributed by atoms with van der Waals surface area (Å²) in [4.78, 5) is 6.41. The van der Waals surface area contributed by atoms with E-state index in [-0.39, 0.29) is 24.0 Å². The molecule has 6 heteroatoms. The normalized spacial score (nSPS) is 10.9. The van der Waals surface area contributed by atoms with Gasteiger partial charge in [-0.3, -0.25) is 9.67 Å². The molecule has 0 unspecified atom stereocenters. The van der Waals surface area contributed by atoms with Crippen LogP contribution in [0.1, 0.15) is 5.56 Å². The zero-order chi connectivity index (χ0) is 14.2. The number of rotatable bonds is 5. The van der Waals surface area contributed by atoms with Gasteiger partial charge < -0.3 is 10.2 Å². The zero-order valence-corrected chi connectivity index (χ0v) is 14.8. The van der Waals surface area contributed by atoms with Crippen LogP contribution in [0.3, 0.4) is 0 Å². The van der Waals surface area contributed by atoms with E-state index in [1.54, 1.807) is 13.2 Å². The van der Waals surface area contributed by atoms with Gasteiger partial charge in [0.25, 0.3) is 0 Å². The molecule has 1 aromatic carbocycles. The topological polar surface area (TPSA) is 45.5 Å². The van der Waals surface area contributed by atoms with Crippen LogP contribution in [0.25, 0.3) is 0 Å². The Kier molecular flexibility index (Phi) is 7.81. The van der Waals surface area contributed by atoms with Gasteiger partial charge in [-0.15, -0.1) is 24.0 Å². The van der Waals surface area contributed by atoms with Gasteiger partial charge in [-0.05, 0) is 11.6 Å². The Morgan fingerprint density at radius 2 is 2.05 bits per heavy atom. The smallest absolute Gasteiger partial charge is 0.193 e. The maximum absolute atomic E-state index is 4.30. The molecule has 1 N–H and O–H groups in total. The van der Waals surface area contributed by atoms with E-state index < -0.39 is 0 Å². The van der Waals surface area contributed by atoms with Gasteiger partial charge in [-0.25, -0.2) is 0 Å². The molecule has 2 aromatic rings. The van der Waals surface area contributed by atoms with Gasteiger partial charge in [0, 0.05) is 39.6 Å². The van der Waals surface area contributed by atoms with Crippen LogP contribution in [-0.4, -0.2) is 41.3 Å². The van der Waals surface area contributed by atoms with Crippen molar-refractivity contribution >= 4 is 29.9 Å². The summed E-state index contributed by atoms with van der Waals surface area (Å²) in [6.07, 6.45) is 3.74. The average Bonchev–Trinajstić information content (AvgIpc) is 2.98. The van der Waals surface area contributed by atoms with Crippen LogP contribution in [0.15, 0.2) is 53.8 Å². The van der Waals surface area contributed by atoms with E-state index in [0.717, 1.165) is 25.6 Å². The Bertz CT molecular complexity index is 524. The molecule has 0 saturated heterocycles. The number of aliphatic imine (C=N–C) groups is 1. The van der Waals surface area contributed by atoms with E-state index in [2.05, 4.69) is 44.6 Å². The molecule has 0 radical (unpaired) electrons. The van der Waals surface area contributed by atoms with Gasteiger partial charge in [0.05, 0.1) is 6.54 Å². The Hall–Kier alpha value is -1.57. The first kappa shape index (κ1) is 17.5. The minimum atomic E-state index is 0. The highest BCUT2D eigenvalue weighted by atomic mass is 127. The quantitative estimate of drug-likeness (QED) is 0.477. The first-order valence-electron chi connectivity index (χ1n) is 6.72. The summed E-state index contributed by atoms with van der Waals surface area (Å²) < 4.78 is 1.90. The third-order valence-corrected chi connectivity index (χ3v) is 3.02. The first-order valence-corrected chi connectivity index (χ1v) is 6.72. The van der Waals surface area contributed by atoms with E-state index in [1.807, 2.05) is 30.1 Å². The lowest BCUT2D eigenvalue weighted by Gasteiger charge is -2.22. The van der Waals surface area contributed by atoms with E-state index >= 15 is 0 Å². The number of nitrogens with zero attached hydrogens (tertiary/aromatic N) is 4. The summed E-state index contributed by atoms with van der Waals surface area (Å²) in [5, 5.41) is 7.52. The maximum Gasteiger partial charge on any atom is 0.193 e. The molecule has 0 saturated carbocycles. The number of halogens is 1. The lowest BCUT2D eigenvalue weighted by molar-refractivity contribution is 0.470. The second kappa shape index (κ2) is 9.38. The molecule has 0 fully saturated rings. The predicted octanol–water partition coefficient (Wildman–Crippen LogP) is 2.21. The maximum atomic E-state index is 4.30. The van der Waals surface area contributed by atoms with Crippen molar-refractivity contribution in [2.45, 2.75) is 13.1 Å². The number of hydrogen-bond donors (Lipinski definition) is 1. The number of benzene rings is 1. The molecule has 2 rings (SSSR count). The second-order valence-electron chi connectivity index (χ2n) is 4.58. The van der Waals surface area contributed by atoms with Crippen LogP contribution in [-0.2, 0) is 13.1 Å². The van der Waals surface area contributed by atoms with E-state index in [0.29, 0.717) is 0 Å². The predicted molar refractivity (Wildman–Crippen MR) is 96.9 cm³/mol. The Balaban J connectivity index is 0.00000220. The standard InChI is InChI=1S/C15H21N5.HI/c1-16-15(17-10-12-20-11-6-9-18-20)19(2)13-14-7-4-3-5-8-14;/h3-9,11H,10,12-13H2,1-2H3,(H,16,17);1H. The minimum Gasteiger partial charge on any atom is -0.354 e. The number of nitrogens with one attached hydrogen (secondary N) is 1. The fraction of sp³-hybridized carbons (Fsp3) is 0.333. The molecule has 0 atom stereocenters. The van der Waals surface area contributed by atoms with Crippen molar-refractivity contribution in [2.75, 3.05) is 20.6 Å². The van der Waals surface area contributed by atoms with Gasteiger partial charge in [0.15, 0.2) is 5.96 Å². The van der Waals surface area contributed by atoms with Gasteiger partial charge in [-0.2, -0.15) is 5.10 Å². The second-order valence-corrected chi connectivity index (χ2v) is 4.58. The average molecular weight is 399 g/mol. The molecule has 0 aliphatic carbocycles. The number of hydrogen-bond acceptors (Lipinski definition) is 2. The Morgan fingerprint density at radius 1 is 1.29 bits per heavy atom.